The van der Waals surface area contributed by atoms with E-state index in [1.807, 2.05) is 30.3 Å². The lowest BCUT2D eigenvalue weighted by Gasteiger charge is -2.46. The van der Waals surface area contributed by atoms with Gasteiger partial charge in [-0.05, 0) is 49.9 Å². The first-order valence-corrected chi connectivity index (χ1v) is 16.3. The van der Waals surface area contributed by atoms with Gasteiger partial charge in [0, 0.05) is 36.7 Å². The van der Waals surface area contributed by atoms with Gasteiger partial charge in [-0.1, -0.05) is 48.5 Å². The number of ether oxygens (including phenoxy) is 5. The van der Waals surface area contributed by atoms with Crippen LogP contribution in [0.4, 0.5) is 0 Å². The Bertz CT molecular complexity index is 1710. The molecule has 2 aliphatic rings. The number of benzene rings is 3. The Labute approximate surface area is 286 Å². The van der Waals surface area contributed by atoms with Gasteiger partial charge in [-0.3, -0.25) is 14.4 Å². The fraction of sp³-hybridized carbons (Fsp3) is 0.395. The van der Waals surface area contributed by atoms with Crippen LogP contribution >= 0.6 is 0 Å². The first-order valence-electron chi connectivity index (χ1n) is 16.3. The van der Waals surface area contributed by atoms with Crippen LogP contribution in [0.2, 0.25) is 0 Å². The van der Waals surface area contributed by atoms with E-state index in [4.69, 9.17) is 23.7 Å². The standard InChI is InChI=1S/C38H44N2O9/c1-7-23(2)34(41)39-19-11-12-20-40-35(42)32-30(24-13-9-8-10-14-24)38(25-15-17-26(45-3)18-16-25)33(36(43)48-6)37(32,44)31-28(47-5)21-27(46-4)22-29(31)49-38/h7-10,13-18,21-22,30,32-33,44H,11-12,19-20H2,1-6H3,(H,39,41)(H,40,42)/b23-7+/t30-,32+,33-,37+,38+/m1/s1. The number of rotatable bonds is 13. The van der Waals surface area contributed by atoms with E-state index in [1.165, 1.54) is 21.3 Å². The summed E-state index contributed by atoms with van der Waals surface area (Å²) in [6.45, 7) is 4.25. The van der Waals surface area contributed by atoms with Crippen LogP contribution in [0.5, 0.6) is 23.0 Å². The third kappa shape index (κ3) is 6.07. The molecule has 0 radical (unpaired) electrons. The van der Waals surface area contributed by atoms with Crippen LogP contribution < -0.4 is 29.6 Å². The van der Waals surface area contributed by atoms with E-state index in [0.29, 0.717) is 47.6 Å². The molecule has 1 heterocycles. The highest BCUT2D eigenvalue weighted by molar-refractivity contribution is 5.92. The van der Waals surface area contributed by atoms with Crippen LogP contribution in [-0.2, 0) is 30.3 Å². The van der Waals surface area contributed by atoms with Crippen molar-refractivity contribution >= 4 is 17.8 Å². The number of fused-ring (bicyclic) bond motifs is 4. The molecule has 3 aromatic carbocycles. The molecule has 0 spiro atoms. The van der Waals surface area contributed by atoms with Gasteiger partial charge in [0.1, 0.15) is 34.5 Å². The number of hydrogen-bond acceptors (Lipinski definition) is 9. The number of unbranched alkanes of at least 4 members (excludes halogenated alkanes) is 1. The largest absolute Gasteiger partial charge is 0.497 e. The number of esters is 1. The van der Waals surface area contributed by atoms with Gasteiger partial charge in [0.25, 0.3) is 0 Å². The lowest BCUT2D eigenvalue weighted by molar-refractivity contribution is -0.174. The molecule has 3 N–H and O–H groups in total. The molecule has 0 aromatic heterocycles. The van der Waals surface area contributed by atoms with E-state index in [0.717, 1.165) is 0 Å². The van der Waals surface area contributed by atoms with Gasteiger partial charge in [-0.2, -0.15) is 0 Å². The molecule has 1 saturated carbocycles. The number of aliphatic hydroxyl groups is 1. The highest BCUT2D eigenvalue weighted by atomic mass is 16.5. The molecule has 5 rings (SSSR count). The molecular formula is C38H44N2O9. The fourth-order valence-corrected chi connectivity index (χ4v) is 7.34. The van der Waals surface area contributed by atoms with E-state index in [-0.39, 0.29) is 29.5 Å². The van der Waals surface area contributed by atoms with Crippen molar-refractivity contribution in [3.8, 4) is 23.0 Å². The van der Waals surface area contributed by atoms with Crippen molar-refractivity contribution in [3.05, 3.63) is 95.1 Å². The number of hydrogen-bond donors (Lipinski definition) is 3. The summed E-state index contributed by atoms with van der Waals surface area (Å²) in [6.07, 6.45) is 2.91. The van der Waals surface area contributed by atoms with Gasteiger partial charge >= 0.3 is 5.97 Å². The summed E-state index contributed by atoms with van der Waals surface area (Å²) in [5, 5.41) is 19.2. The topological polar surface area (TPSA) is 142 Å². The zero-order chi connectivity index (χ0) is 35.3. The number of allylic oxidation sites excluding steroid dienone is 1. The molecule has 1 aliphatic heterocycles. The normalized spacial score (nSPS) is 23.8. The van der Waals surface area contributed by atoms with Crippen molar-refractivity contribution < 1.29 is 43.2 Å². The summed E-state index contributed by atoms with van der Waals surface area (Å²) < 4.78 is 29.2. The van der Waals surface area contributed by atoms with Crippen molar-refractivity contribution in [3.63, 3.8) is 0 Å². The monoisotopic (exact) mass is 672 g/mol. The second-order valence-electron chi connectivity index (χ2n) is 12.2. The smallest absolute Gasteiger partial charge is 0.316 e. The van der Waals surface area contributed by atoms with Gasteiger partial charge < -0.3 is 39.4 Å². The predicted octanol–water partition coefficient (Wildman–Crippen LogP) is 4.37. The van der Waals surface area contributed by atoms with Crippen molar-refractivity contribution in [2.75, 3.05) is 41.5 Å². The molecule has 11 nitrogen and oxygen atoms in total. The van der Waals surface area contributed by atoms with E-state index < -0.39 is 40.8 Å². The maximum atomic E-state index is 14.7. The van der Waals surface area contributed by atoms with Crippen molar-refractivity contribution in [1.82, 2.24) is 10.6 Å². The lowest BCUT2D eigenvalue weighted by Crippen LogP contribution is -2.55. The van der Waals surface area contributed by atoms with E-state index in [2.05, 4.69) is 10.6 Å². The second kappa shape index (κ2) is 14.6. The second-order valence-corrected chi connectivity index (χ2v) is 12.2. The highest BCUT2D eigenvalue weighted by Gasteiger charge is 2.78. The summed E-state index contributed by atoms with van der Waals surface area (Å²) in [7, 11) is 5.73. The number of methoxy groups -OCH3 is 4. The van der Waals surface area contributed by atoms with Crippen LogP contribution in [0.25, 0.3) is 0 Å². The van der Waals surface area contributed by atoms with Gasteiger partial charge in [-0.25, -0.2) is 0 Å². The highest BCUT2D eigenvalue weighted by Crippen LogP contribution is 2.71. The third-order valence-electron chi connectivity index (χ3n) is 9.71. The van der Waals surface area contributed by atoms with Crippen LogP contribution in [0.15, 0.2) is 78.4 Å². The van der Waals surface area contributed by atoms with Crippen LogP contribution in [0.1, 0.15) is 49.3 Å². The van der Waals surface area contributed by atoms with E-state index in [1.54, 1.807) is 63.4 Å². The van der Waals surface area contributed by atoms with Crippen LogP contribution in [-0.4, -0.2) is 64.4 Å². The molecule has 2 amide bonds. The minimum atomic E-state index is -2.18. The fourth-order valence-electron chi connectivity index (χ4n) is 7.34. The number of nitrogens with one attached hydrogen (secondary N) is 2. The maximum absolute atomic E-state index is 14.7. The zero-order valence-electron chi connectivity index (χ0n) is 28.7. The van der Waals surface area contributed by atoms with Gasteiger partial charge in [0.15, 0.2) is 5.60 Å². The quantitative estimate of drug-likeness (QED) is 0.137. The molecule has 0 saturated heterocycles. The average Bonchev–Trinajstić information content (AvgIpc) is 3.31. The van der Waals surface area contributed by atoms with E-state index in [9.17, 15) is 19.5 Å². The van der Waals surface area contributed by atoms with Crippen LogP contribution in [0, 0.1) is 11.8 Å². The lowest BCUT2D eigenvalue weighted by atomic mass is 9.70. The first kappa shape index (κ1) is 35.3. The number of carbonyl (C=O) groups excluding carboxylic acids is 3. The van der Waals surface area contributed by atoms with Crippen molar-refractivity contribution in [2.45, 2.75) is 43.8 Å². The Balaban J connectivity index is 1.67. The van der Waals surface area contributed by atoms with Gasteiger partial charge in [0.05, 0.1) is 39.9 Å². The summed E-state index contributed by atoms with van der Waals surface area (Å²) in [5.41, 5.74) is -1.84. The molecule has 0 unspecified atom stereocenters. The molecule has 260 valence electrons. The Hall–Kier alpha value is -5.03. The average molecular weight is 673 g/mol. The zero-order valence-corrected chi connectivity index (χ0v) is 28.7. The molecular weight excluding hydrogens is 628 g/mol. The molecule has 1 aliphatic carbocycles. The molecule has 49 heavy (non-hydrogen) atoms. The Morgan fingerprint density at radius 2 is 1.53 bits per heavy atom. The number of carbonyl (C=O) groups is 3. The summed E-state index contributed by atoms with van der Waals surface area (Å²) >= 11 is 0. The minimum absolute atomic E-state index is 0.139. The molecule has 1 fully saturated rings. The summed E-state index contributed by atoms with van der Waals surface area (Å²) in [4.78, 5) is 41.0. The first-order chi connectivity index (χ1) is 23.6. The Morgan fingerprint density at radius 1 is 0.878 bits per heavy atom. The number of amides is 2. The Morgan fingerprint density at radius 3 is 2.12 bits per heavy atom. The van der Waals surface area contributed by atoms with Gasteiger partial charge in [-0.15, -0.1) is 0 Å². The third-order valence-corrected chi connectivity index (χ3v) is 9.71. The molecule has 2 bridgehead atoms. The van der Waals surface area contributed by atoms with Gasteiger partial charge in [0.2, 0.25) is 11.8 Å². The van der Waals surface area contributed by atoms with Crippen molar-refractivity contribution in [2.24, 2.45) is 11.8 Å². The predicted molar refractivity (Wildman–Crippen MR) is 182 cm³/mol. The molecule has 3 aromatic rings. The van der Waals surface area contributed by atoms with E-state index >= 15 is 0 Å². The SMILES string of the molecule is C/C=C(\C)C(=O)NCCCCNC(=O)[C@@H]1[C@@H](c2ccccc2)[C@]2(c3ccc(OC)cc3)Oc3cc(OC)cc(OC)c3[C@@]1(O)[C@H]2C(=O)OC. The molecule has 11 heteroatoms. The summed E-state index contributed by atoms with van der Waals surface area (Å²) in [6, 6.07) is 19.5. The van der Waals surface area contributed by atoms with Crippen LogP contribution in [0.3, 0.4) is 0 Å². The maximum Gasteiger partial charge on any atom is 0.316 e. The van der Waals surface area contributed by atoms with Crippen molar-refractivity contribution in [1.29, 1.82) is 0 Å². The summed E-state index contributed by atoms with van der Waals surface area (Å²) in [5.74, 6) is -3.60. The Kier molecular flexibility index (Phi) is 10.5. The minimum Gasteiger partial charge on any atom is -0.497 e. The molecule has 5 atom stereocenters.